The Kier molecular flexibility index (Phi) is 2.27. The molecule has 0 radical (unpaired) electrons. The Morgan fingerprint density at radius 1 is 1.30 bits per heavy atom. The maximum absolute atomic E-state index is 10.9. The molecule has 3 heteroatoms. The van der Waals surface area contributed by atoms with Crippen molar-refractivity contribution in [1.29, 1.82) is 0 Å². The van der Waals surface area contributed by atoms with Gasteiger partial charge in [0.25, 0.3) is 0 Å². The summed E-state index contributed by atoms with van der Waals surface area (Å²) in [7, 11) is 1.96. The Hall–Kier alpha value is -0.570. The van der Waals surface area contributed by atoms with Crippen LogP contribution in [0.1, 0.15) is 19.8 Å². The highest BCUT2D eigenvalue weighted by molar-refractivity contribution is 5.72. The maximum Gasteiger partial charge on any atom is 0.233 e. The molecule has 58 valence electrons. The predicted molar refractivity (Wildman–Crippen MR) is 39.3 cm³/mol. The van der Waals surface area contributed by atoms with E-state index in [0.717, 1.165) is 19.5 Å². The summed E-state index contributed by atoms with van der Waals surface area (Å²) in [6.45, 7) is 3.52. The van der Waals surface area contributed by atoms with E-state index in [-0.39, 0.29) is 5.91 Å². The van der Waals surface area contributed by atoms with Crippen LogP contribution in [0.25, 0.3) is 0 Å². The zero-order valence-corrected chi connectivity index (χ0v) is 6.63. The number of hydrogen-bond acceptors (Lipinski definition) is 2. The van der Waals surface area contributed by atoms with Crippen molar-refractivity contribution in [3.05, 3.63) is 0 Å². The summed E-state index contributed by atoms with van der Waals surface area (Å²) < 4.78 is 0. The molecule has 0 aromatic rings. The summed E-state index contributed by atoms with van der Waals surface area (Å²) in [5.74, 6) is 0.155. The predicted octanol–water partition coefficient (Wildman–Crippen LogP) is 0.476. The van der Waals surface area contributed by atoms with E-state index in [2.05, 4.69) is 0 Å². The van der Waals surface area contributed by atoms with Gasteiger partial charge in [-0.25, -0.2) is 5.01 Å². The third kappa shape index (κ3) is 1.48. The first-order valence-corrected chi connectivity index (χ1v) is 3.71. The third-order valence-corrected chi connectivity index (χ3v) is 1.88. The third-order valence-electron chi connectivity index (χ3n) is 1.88. The molecule has 1 amide bonds. The Morgan fingerprint density at radius 2 is 1.90 bits per heavy atom. The standard InChI is InChI=1S/C7H14N2O/c1-7(10)9-6-4-3-5-8(9)2/h3-6H2,1-2H3. The van der Waals surface area contributed by atoms with Crippen molar-refractivity contribution in [2.24, 2.45) is 0 Å². The van der Waals surface area contributed by atoms with Crippen molar-refractivity contribution in [2.75, 3.05) is 20.1 Å². The monoisotopic (exact) mass is 142 g/mol. The molecule has 0 N–H and O–H groups in total. The van der Waals surface area contributed by atoms with Crippen molar-refractivity contribution >= 4 is 5.91 Å². The molecular formula is C7H14N2O. The van der Waals surface area contributed by atoms with Gasteiger partial charge in [0, 0.05) is 27.1 Å². The molecule has 0 aromatic heterocycles. The summed E-state index contributed by atoms with van der Waals surface area (Å²) in [6, 6.07) is 0. The van der Waals surface area contributed by atoms with Gasteiger partial charge in [-0.15, -0.1) is 0 Å². The number of amides is 1. The van der Waals surface area contributed by atoms with E-state index in [0.29, 0.717) is 0 Å². The molecule has 1 aliphatic rings. The van der Waals surface area contributed by atoms with Gasteiger partial charge in [0.1, 0.15) is 0 Å². The zero-order valence-electron chi connectivity index (χ0n) is 6.63. The highest BCUT2D eigenvalue weighted by Crippen LogP contribution is 2.07. The van der Waals surface area contributed by atoms with Gasteiger partial charge >= 0.3 is 0 Å². The Bertz CT molecular complexity index is 136. The fraction of sp³-hybridized carbons (Fsp3) is 0.857. The lowest BCUT2D eigenvalue weighted by molar-refractivity contribution is -0.147. The average molecular weight is 142 g/mol. The van der Waals surface area contributed by atoms with Crippen LogP contribution in [0.15, 0.2) is 0 Å². The van der Waals surface area contributed by atoms with Gasteiger partial charge < -0.3 is 0 Å². The van der Waals surface area contributed by atoms with Crippen LogP contribution in [0.4, 0.5) is 0 Å². The molecule has 1 aliphatic heterocycles. The Labute approximate surface area is 61.6 Å². The van der Waals surface area contributed by atoms with Gasteiger partial charge in [0.15, 0.2) is 0 Å². The summed E-state index contributed by atoms with van der Waals surface area (Å²) in [5, 5.41) is 3.79. The number of rotatable bonds is 0. The quantitative estimate of drug-likeness (QED) is 0.491. The van der Waals surface area contributed by atoms with Crippen LogP contribution in [0.2, 0.25) is 0 Å². The van der Waals surface area contributed by atoms with Gasteiger partial charge in [0.2, 0.25) is 5.91 Å². The van der Waals surface area contributed by atoms with E-state index in [1.165, 1.54) is 6.42 Å². The number of hydrogen-bond donors (Lipinski definition) is 0. The molecule has 0 saturated carbocycles. The van der Waals surface area contributed by atoms with Gasteiger partial charge in [-0.05, 0) is 12.8 Å². The molecule has 0 bridgehead atoms. The molecule has 1 saturated heterocycles. The number of carbonyl (C=O) groups excluding carboxylic acids is 1. The first kappa shape index (κ1) is 7.54. The van der Waals surface area contributed by atoms with Crippen molar-refractivity contribution in [2.45, 2.75) is 19.8 Å². The van der Waals surface area contributed by atoms with Crippen molar-refractivity contribution in [3.8, 4) is 0 Å². The molecule has 1 fully saturated rings. The largest absolute Gasteiger partial charge is 0.276 e. The smallest absolute Gasteiger partial charge is 0.233 e. The first-order chi connectivity index (χ1) is 4.72. The van der Waals surface area contributed by atoms with E-state index < -0.39 is 0 Å². The minimum atomic E-state index is 0.155. The molecule has 0 spiro atoms. The zero-order chi connectivity index (χ0) is 7.56. The molecule has 10 heavy (non-hydrogen) atoms. The maximum atomic E-state index is 10.9. The van der Waals surface area contributed by atoms with Crippen LogP contribution in [0.3, 0.4) is 0 Å². The minimum Gasteiger partial charge on any atom is -0.276 e. The van der Waals surface area contributed by atoms with Gasteiger partial charge in [-0.1, -0.05) is 0 Å². The average Bonchev–Trinajstić information content (AvgIpc) is 1.88. The second-order valence-corrected chi connectivity index (χ2v) is 2.73. The van der Waals surface area contributed by atoms with Crippen LogP contribution in [-0.2, 0) is 4.79 Å². The molecule has 3 nitrogen and oxygen atoms in total. The van der Waals surface area contributed by atoms with E-state index in [1.54, 1.807) is 11.9 Å². The molecule has 1 heterocycles. The highest BCUT2D eigenvalue weighted by atomic mass is 16.2. The summed E-state index contributed by atoms with van der Waals surface area (Å²) in [4.78, 5) is 10.9. The van der Waals surface area contributed by atoms with Crippen LogP contribution >= 0.6 is 0 Å². The van der Waals surface area contributed by atoms with Crippen LogP contribution < -0.4 is 0 Å². The fourth-order valence-electron chi connectivity index (χ4n) is 1.29. The molecule has 0 atom stereocenters. The molecule has 0 aromatic carbocycles. The first-order valence-electron chi connectivity index (χ1n) is 3.71. The molecule has 0 aliphatic carbocycles. The summed E-state index contributed by atoms with van der Waals surface area (Å²) in [5.41, 5.74) is 0. The Morgan fingerprint density at radius 3 is 2.30 bits per heavy atom. The lowest BCUT2D eigenvalue weighted by Crippen LogP contribution is -2.47. The van der Waals surface area contributed by atoms with Crippen molar-refractivity contribution < 1.29 is 4.79 Å². The normalized spacial score (nSPS) is 21.2. The molecule has 0 unspecified atom stereocenters. The van der Waals surface area contributed by atoms with E-state index in [4.69, 9.17) is 0 Å². The second kappa shape index (κ2) is 3.01. The number of nitrogens with zero attached hydrogens (tertiary/aromatic N) is 2. The van der Waals surface area contributed by atoms with Crippen LogP contribution in [0, 0.1) is 0 Å². The van der Waals surface area contributed by atoms with E-state index in [1.807, 2.05) is 12.1 Å². The van der Waals surface area contributed by atoms with Crippen LogP contribution in [0.5, 0.6) is 0 Å². The van der Waals surface area contributed by atoms with Crippen molar-refractivity contribution in [1.82, 2.24) is 10.0 Å². The van der Waals surface area contributed by atoms with Gasteiger partial charge in [-0.2, -0.15) is 0 Å². The van der Waals surface area contributed by atoms with E-state index in [9.17, 15) is 4.79 Å². The van der Waals surface area contributed by atoms with Crippen molar-refractivity contribution in [3.63, 3.8) is 0 Å². The lowest BCUT2D eigenvalue weighted by atomic mass is 10.2. The highest BCUT2D eigenvalue weighted by Gasteiger charge is 2.17. The fourth-order valence-corrected chi connectivity index (χ4v) is 1.29. The lowest BCUT2D eigenvalue weighted by Gasteiger charge is -2.34. The molecule has 1 rings (SSSR count). The summed E-state index contributed by atoms with van der Waals surface area (Å²) >= 11 is 0. The number of hydrazine groups is 1. The van der Waals surface area contributed by atoms with E-state index >= 15 is 0 Å². The van der Waals surface area contributed by atoms with Crippen LogP contribution in [-0.4, -0.2) is 36.1 Å². The SMILES string of the molecule is CC(=O)N1CCCCN1C. The Balaban J connectivity index is 2.47. The molecular weight excluding hydrogens is 128 g/mol. The second-order valence-electron chi connectivity index (χ2n) is 2.73. The van der Waals surface area contributed by atoms with Gasteiger partial charge in [0.05, 0.1) is 0 Å². The summed E-state index contributed by atoms with van der Waals surface area (Å²) in [6.07, 6.45) is 2.35. The minimum absolute atomic E-state index is 0.155. The topological polar surface area (TPSA) is 23.6 Å². The number of carbonyl (C=O) groups is 1. The van der Waals surface area contributed by atoms with Gasteiger partial charge in [-0.3, -0.25) is 9.80 Å².